The highest BCUT2D eigenvalue weighted by Gasteiger charge is 2.23. The zero-order chi connectivity index (χ0) is 11.5. The van der Waals surface area contributed by atoms with Crippen LogP contribution < -0.4 is 5.32 Å². The van der Waals surface area contributed by atoms with Crippen LogP contribution in [0.4, 0.5) is 4.79 Å². The van der Waals surface area contributed by atoms with Crippen molar-refractivity contribution >= 4 is 6.03 Å². The van der Waals surface area contributed by atoms with Crippen LogP contribution >= 0.6 is 0 Å². The summed E-state index contributed by atoms with van der Waals surface area (Å²) in [5, 5.41) is 3.07. The van der Waals surface area contributed by atoms with E-state index in [9.17, 15) is 4.79 Å². The van der Waals surface area contributed by atoms with Crippen LogP contribution in [0.2, 0.25) is 0 Å². The van der Waals surface area contributed by atoms with Crippen LogP contribution in [0.5, 0.6) is 0 Å². The molecule has 1 atom stereocenters. The quantitative estimate of drug-likeness (QED) is 0.812. The number of nitrogens with zero attached hydrogens (tertiary/aromatic N) is 1. The van der Waals surface area contributed by atoms with Crippen molar-refractivity contribution in [3.63, 3.8) is 0 Å². The first-order chi connectivity index (χ1) is 7.72. The predicted octanol–water partition coefficient (Wildman–Crippen LogP) is 2.34. The molecule has 0 aliphatic heterocycles. The molecule has 1 aliphatic carbocycles. The smallest absolute Gasteiger partial charge is 0.317 e. The third kappa shape index (κ3) is 2.03. The van der Waals surface area contributed by atoms with E-state index in [2.05, 4.69) is 23.5 Å². The van der Waals surface area contributed by atoms with Crippen LogP contribution in [0.25, 0.3) is 0 Å². The van der Waals surface area contributed by atoms with Crippen LogP contribution in [0.15, 0.2) is 24.3 Å². The molecule has 0 fully saturated rings. The number of fused-ring (bicyclic) bond motifs is 1. The standard InChI is InChI=1S/C13H18N2O/c1-3-15(2)13(16)14-12-9-8-10-6-4-5-7-11(10)12/h4-7,12H,3,8-9H2,1-2H3,(H,14,16). The van der Waals surface area contributed by atoms with E-state index in [1.165, 1.54) is 11.1 Å². The molecule has 0 radical (unpaired) electrons. The van der Waals surface area contributed by atoms with E-state index in [-0.39, 0.29) is 12.1 Å². The average Bonchev–Trinajstić information content (AvgIpc) is 2.72. The molecule has 1 aromatic rings. The van der Waals surface area contributed by atoms with Gasteiger partial charge in [0.25, 0.3) is 0 Å². The number of carbonyl (C=O) groups excluding carboxylic acids is 1. The van der Waals surface area contributed by atoms with Crippen molar-refractivity contribution in [3.8, 4) is 0 Å². The number of benzene rings is 1. The van der Waals surface area contributed by atoms with Crippen molar-refractivity contribution in [1.82, 2.24) is 10.2 Å². The minimum Gasteiger partial charge on any atom is -0.331 e. The van der Waals surface area contributed by atoms with Gasteiger partial charge in [0.2, 0.25) is 0 Å². The summed E-state index contributed by atoms with van der Waals surface area (Å²) in [4.78, 5) is 13.5. The maximum atomic E-state index is 11.8. The van der Waals surface area contributed by atoms with Gasteiger partial charge >= 0.3 is 6.03 Å². The fourth-order valence-electron chi connectivity index (χ4n) is 2.11. The fourth-order valence-corrected chi connectivity index (χ4v) is 2.11. The molecule has 0 saturated carbocycles. The second kappa shape index (κ2) is 4.56. The number of rotatable bonds is 2. The zero-order valence-electron chi connectivity index (χ0n) is 9.86. The number of hydrogen-bond donors (Lipinski definition) is 1. The molecule has 1 aliphatic rings. The van der Waals surface area contributed by atoms with Crippen LogP contribution in [0.3, 0.4) is 0 Å². The van der Waals surface area contributed by atoms with Gasteiger partial charge in [-0.25, -0.2) is 4.79 Å². The summed E-state index contributed by atoms with van der Waals surface area (Å²) in [6.45, 7) is 2.71. The Kier molecular flexibility index (Phi) is 3.13. The summed E-state index contributed by atoms with van der Waals surface area (Å²) in [6, 6.07) is 8.56. The molecular weight excluding hydrogens is 200 g/mol. The van der Waals surface area contributed by atoms with Crippen LogP contribution in [-0.2, 0) is 6.42 Å². The first kappa shape index (κ1) is 11.0. The highest BCUT2D eigenvalue weighted by molar-refractivity contribution is 5.74. The van der Waals surface area contributed by atoms with E-state index in [1.807, 2.05) is 20.0 Å². The SMILES string of the molecule is CCN(C)C(=O)NC1CCc2ccccc21. The summed E-state index contributed by atoms with van der Waals surface area (Å²) < 4.78 is 0. The van der Waals surface area contributed by atoms with Crippen molar-refractivity contribution in [1.29, 1.82) is 0 Å². The minimum atomic E-state index is 0.0178. The van der Waals surface area contributed by atoms with Gasteiger partial charge in [0, 0.05) is 13.6 Å². The van der Waals surface area contributed by atoms with Gasteiger partial charge in [-0.05, 0) is 30.9 Å². The van der Waals surface area contributed by atoms with Crippen LogP contribution in [0.1, 0.15) is 30.5 Å². The first-order valence-electron chi connectivity index (χ1n) is 5.81. The topological polar surface area (TPSA) is 32.3 Å². The van der Waals surface area contributed by atoms with Crippen molar-refractivity contribution in [2.75, 3.05) is 13.6 Å². The molecule has 1 unspecified atom stereocenters. The lowest BCUT2D eigenvalue weighted by Gasteiger charge is -2.20. The van der Waals surface area contributed by atoms with Crippen molar-refractivity contribution in [3.05, 3.63) is 35.4 Å². The molecule has 16 heavy (non-hydrogen) atoms. The normalized spacial score (nSPS) is 18.0. The van der Waals surface area contributed by atoms with E-state index >= 15 is 0 Å². The Balaban J connectivity index is 2.06. The Morgan fingerprint density at radius 2 is 2.25 bits per heavy atom. The van der Waals surface area contributed by atoms with Gasteiger partial charge in [-0.2, -0.15) is 0 Å². The van der Waals surface area contributed by atoms with E-state index < -0.39 is 0 Å². The maximum absolute atomic E-state index is 11.8. The summed E-state index contributed by atoms with van der Waals surface area (Å²) in [5.41, 5.74) is 2.65. The molecule has 1 aromatic carbocycles. The van der Waals surface area contributed by atoms with Crippen molar-refractivity contribution < 1.29 is 4.79 Å². The number of nitrogens with one attached hydrogen (secondary N) is 1. The van der Waals surface area contributed by atoms with Crippen molar-refractivity contribution in [2.45, 2.75) is 25.8 Å². The Morgan fingerprint density at radius 1 is 1.50 bits per heavy atom. The molecule has 2 amide bonds. The molecule has 0 bridgehead atoms. The minimum absolute atomic E-state index is 0.0178. The predicted molar refractivity (Wildman–Crippen MR) is 64.3 cm³/mol. The van der Waals surface area contributed by atoms with E-state index in [1.54, 1.807) is 4.90 Å². The maximum Gasteiger partial charge on any atom is 0.317 e. The lowest BCUT2D eigenvalue weighted by atomic mass is 10.1. The number of amides is 2. The Labute approximate surface area is 96.5 Å². The molecule has 0 aromatic heterocycles. The zero-order valence-corrected chi connectivity index (χ0v) is 9.86. The van der Waals surface area contributed by atoms with Gasteiger partial charge in [-0.3, -0.25) is 0 Å². The molecule has 0 saturated heterocycles. The van der Waals surface area contributed by atoms with Crippen LogP contribution in [0, 0.1) is 0 Å². The molecular formula is C13H18N2O. The Hall–Kier alpha value is -1.51. The van der Waals surface area contributed by atoms with Crippen LogP contribution in [-0.4, -0.2) is 24.5 Å². The molecule has 3 heteroatoms. The highest BCUT2D eigenvalue weighted by atomic mass is 16.2. The first-order valence-corrected chi connectivity index (χ1v) is 5.81. The molecule has 0 heterocycles. The molecule has 3 nitrogen and oxygen atoms in total. The monoisotopic (exact) mass is 218 g/mol. The van der Waals surface area contributed by atoms with Crippen molar-refractivity contribution in [2.24, 2.45) is 0 Å². The lowest BCUT2D eigenvalue weighted by Crippen LogP contribution is -2.38. The van der Waals surface area contributed by atoms with Gasteiger partial charge in [0.1, 0.15) is 0 Å². The van der Waals surface area contributed by atoms with Gasteiger partial charge in [-0.15, -0.1) is 0 Å². The molecule has 2 rings (SSSR count). The second-order valence-corrected chi connectivity index (χ2v) is 4.25. The Bertz CT molecular complexity index is 389. The Morgan fingerprint density at radius 3 is 3.00 bits per heavy atom. The number of urea groups is 1. The number of hydrogen-bond acceptors (Lipinski definition) is 1. The second-order valence-electron chi connectivity index (χ2n) is 4.25. The third-order valence-corrected chi connectivity index (χ3v) is 3.25. The molecule has 1 N–H and O–H groups in total. The van der Waals surface area contributed by atoms with E-state index in [0.29, 0.717) is 0 Å². The molecule has 86 valence electrons. The van der Waals surface area contributed by atoms with E-state index in [4.69, 9.17) is 0 Å². The highest BCUT2D eigenvalue weighted by Crippen LogP contribution is 2.30. The number of carbonyl (C=O) groups is 1. The molecule has 0 spiro atoms. The van der Waals surface area contributed by atoms with Gasteiger partial charge in [0.15, 0.2) is 0 Å². The summed E-state index contributed by atoms with van der Waals surface area (Å²) >= 11 is 0. The summed E-state index contributed by atoms with van der Waals surface area (Å²) in [7, 11) is 1.82. The lowest BCUT2D eigenvalue weighted by molar-refractivity contribution is 0.207. The average molecular weight is 218 g/mol. The van der Waals surface area contributed by atoms with Gasteiger partial charge < -0.3 is 10.2 Å². The number of aryl methyl sites for hydroxylation is 1. The van der Waals surface area contributed by atoms with Gasteiger partial charge in [0.05, 0.1) is 6.04 Å². The summed E-state index contributed by atoms with van der Waals surface area (Å²) in [6.07, 6.45) is 2.08. The van der Waals surface area contributed by atoms with Gasteiger partial charge in [-0.1, -0.05) is 24.3 Å². The van der Waals surface area contributed by atoms with E-state index in [0.717, 1.165) is 19.4 Å². The largest absolute Gasteiger partial charge is 0.331 e. The summed E-state index contributed by atoms with van der Waals surface area (Å²) in [5.74, 6) is 0. The third-order valence-electron chi connectivity index (χ3n) is 3.25. The fraction of sp³-hybridized carbons (Fsp3) is 0.462.